The number of aliphatic hydroxyl groups is 1. The lowest BCUT2D eigenvalue weighted by atomic mass is 10.2. The Morgan fingerprint density at radius 1 is 1.13 bits per heavy atom. The fourth-order valence-electron chi connectivity index (χ4n) is 1.95. The lowest BCUT2D eigenvalue weighted by Gasteiger charge is -2.12. The molecule has 1 atom stereocenters. The summed E-state index contributed by atoms with van der Waals surface area (Å²) in [4.78, 5) is 0. The van der Waals surface area contributed by atoms with Crippen LogP contribution in [0, 0.1) is 0 Å². The van der Waals surface area contributed by atoms with Gasteiger partial charge in [0.2, 0.25) is 12.3 Å². The van der Waals surface area contributed by atoms with E-state index in [0.29, 0.717) is 24.0 Å². The first kappa shape index (κ1) is 15.3. The lowest BCUT2D eigenvalue weighted by Crippen LogP contribution is -2.23. The van der Waals surface area contributed by atoms with Crippen molar-refractivity contribution in [3.8, 4) is 17.2 Å². The van der Waals surface area contributed by atoms with Crippen LogP contribution in [0.3, 0.4) is 0 Å². The Kier molecular flexibility index (Phi) is 5.02. The number of furan rings is 1. The van der Waals surface area contributed by atoms with Gasteiger partial charge in [0.15, 0.2) is 0 Å². The average Bonchev–Trinajstić information content (AvgIpc) is 3.27. The van der Waals surface area contributed by atoms with E-state index >= 15 is 0 Å². The number of hydrogen-bond donors (Lipinski definition) is 1. The van der Waals surface area contributed by atoms with Gasteiger partial charge >= 0.3 is 0 Å². The molecule has 3 rings (SSSR count). The van der Waals surface area contributed by atoms with Crippen molar-refractivity contribution >= 4 is 0 Å². The molecule has 0 saturated carbocycles. The molecule has 0 radical (unpaired) electrons. The summed E-state index contributed by atoms with van der Waals surface area (Å²) < 4.78 is 21.2. The lowest BCUT2D eigenvalue weighted by molar-refractivity contribution is 0.000885. The smallest absolute Gasteiger partial charge is 0.247 e. The van der Waals surface area contributed by atoms with Gasteiger partial charge in [0.05, 0.1) is 12.9 Å². The Morgan fingerprint density at radius 2 is 2.09 bits per heavy atom. The van der Waals surface area contributed by atoms with Crippen molar-refractivity contribution in [1.82, 2.24) is 10.2 Å². The van der Waals surface area contributed by atoms with E-state index in [0.717, 1.165) is 5.56 Å². The number of rotatable bonds is 8. The van der Waals surface area contributed by atoms with Crippen LogP contribution in [0.1, 0.15) is 5.76 Å². The van der Waals surface area contributed by atoms with Gasteiger partial charge in [-0.3, -0.25) is 0 Å². The molecule has 1 N–H and O–H groups in total. The van der Waals surface area contributed by atoms with Gasteiger partial charge in [-0.25, -0.2) is 0 Å². The number of ether oxygens (including phenoxy) is 2. The molecule has 0 aliphatic carbocycles. The minimum absolute atomic E-state index is 0.117. The van der Waals surface area contributed by atoms with Crippen molar-refractivity contribution in [2.24, 2.45) is 0 Å². The SMILES string of the molecule is OC(COCc1ccco1)COc1cccc(-c2nnco2)c1. The zero-order valence-corrected chi connectivity index (χ0v) is 12.3. The summed E-state index contributed by atoms with van der Waals surface area (Å²) in [7, 11) is 0. The highest BCUT2D eigenvalue weighted by molar-refractivity contribution is 5.55. The molecule has 7 heteroatoms. The quantitative estimate of drug-likeness (QED) is 0.681. The van der Waals surface area contributed by atoms with E-state index < -0.39 is 6.10 Å². The number of hydrogen-bond acceptors (Lipinski definition) is 7. The molecular formula is C16H16N2O5. The van der Waals surface area contributed by atoms with E-state index in [1.165, 1.54) is 6.39 Å². The van der Waals surface area contributed by atoms with Crippen LogP contribution in [-0.4, -0.2) is 34.6 Å². The van der Waals surface area contributed by atoms with Gasteiger partial charge in [0.1, 0.15) is 30.8 Å². The first-order valence-corrected chi connectivity index (χ1v) is 7.09. The normalized spacial score (nSPS) is 12.2. The summed E-state index contributed by atoms with van der Waals surface area (Å²) >= 11 is 0. The number of aliphatic hydroxyl groups excluding tert-OH is 1. The molecule has 7 nitrogen and oxygen atoms in total. The van der Waals surface area contributed by atoms with Crippen LogP contribution in [-0.2, 0) is 11.3 Å². The predicted molar refractivity (Wildman–Crippen MR) is 79.6 cm³/mol. The maximum Gasteiger partial charge on any atom is 0.247 e. The van der Waals surface area contributed by atoms with Crippen LogP contribution in [0.4, 0.5) is 0 Å². The molecule has 0 spiro atoms. The van der Waals surface area contributed by atoms with Crippen molar-refractivity contribution < 1.29 is 23.4 Å². The van der Waals surface area contributed by atoms with Gasteiger partial charge in [0.25, 0.3) is 0 Å². The van der Waals surface area contributed by atoms with Gasteiger partial charge < -0.3 is 23.4 Å². The molecule has 1 unspecified atom stereocenters. The zero-order chi connectivity index (χ0) is 15.9. The van der Waals surface area contributed by atoms with Gasteiger partial charge in [0, 0.05) is 5.56 Å². The Labute approximate surface area is 132 Å². The maximum atomic E-state index is 9.87. The molecule has 2 heterocycles. The molecule has 23 heavy (non-hydrogen) atoms. The summed E-state index contributed by atoms with van der Waals surface area (Å²) in [5.41, 5.74) is 0.753. The molecule has 0 amide bonds. The Bertz CT molecular complexity index is 697. The van der Waals surface area contributed by atoms with Gasteiger partial charge in [-0.2, -0.15) is 0 Å². The highest BCUT2D eigenvalue weighted by atomic mass is 16.5. The highest BCUT2D eigenvalue weighted by Gasteiger charge is 2.08. The topological polar surface area (TPSA) is 90.8 Å². The van der Waals surface area contributed by atoms with Crippen LogP contribution in [0.5, 0.6) is 5.75 Å². The third-order valence-corrected chi connectivity index (χ3v) is 3.02. The number of aromatic nitrogens is 2. The van der Waals surface area contributed by atoms with Crippen LogP contribution in [0.15, 0.2) is 57.9 Å². The van der Waals surface area contributed by atoms with Crippen LogP contribution in [0.25, 0.3) is 11.5 Å². The first-order valence-electron chi connectivity index (χ1n) is 7.09. The van der Waals surface area contributed by atoms with E-state index in [9.17, 15) is 5.11 Å². The summed E-state index contributed by atoms with van der Waals surface area (Å²) in [6.45, 7) is 0.589. The third kappa shape index (κ3) is 4.41. The molecule has 0 bridgehead atoms. The Balaban J connectivity index is 1.45. The van der Waals surface area contributed by atoms with E-state index in [2.05, 4.69) is 10.2 Å². The minimum atomic E-state index is -0.739. The fraction of sp³-hybridized carbons (Fsp3) is 0.250. The van der Waals surface area contributed by atoms with Crippen LogP contribution in [0.2, 0.25) is 0 Å². The first-order chi connectivity index (χ1) is 11.3. The number of benzene rings is 1. The molecule has 0 aliphatic heterocycles. The molecule has 0 fully saturated rings. The van der Waals surface area contributed by atoms with Crippen molar-refractivity contribution in [1.29, 1.82) is 0 Å². The van der Waals surface area contributed by atoms with Gasteiger partial charge in [-0.1, -0.05) is 6.07 Å². The van der Waals surface area contributed by atoms with Crippen molar-refractivity contribution in [2.45, 2.75) is 12.7 Å². The molecular weight excluding hydrogens is 300 g/mol. The average molecular weight is 316 g/mol. The van der Waals surface area contributed by atoms with Gasteiger partial charge in [-0.15, -0.1) is 10.2 Å². The molecule has 1 aromatic carbocycles. The summed E-state index contributed by atoms with van der Waals surface area (Å²) in [6.07, 6.45) is 2.11. The molecule has 120 valence electrons. The van der Waals surface area contributed by atoms with Gasteiger partial charge in [-0.05, 0) is 30.3 Å². The standard InChI is InChI=1S/C16H16N2O5/c19-13(8-20-10-15-5-2-6-21-15)9-22-14-4-1-3-12(7-14)16-18-17-11-23-16/h1-7,11,13,19H,8-10H2. The van der Waals surface area contributed by atoms with Crippen molar-refractivity contribution in [2.75, 3.05) is 13.2 Å². The maximum absolute atomic E-state index is 9.87. The van der Waals surface area contributed by atoms with E-state index in [1.807, 2.05) is 18.2 Å². The summed E-state index contributed by atoms with van der Waals surface area (Å²) in [5.74, 6) is 1.73. The number of nitrogens with zero attached hydrogens (tertiary/aromatic N) is 2. The summed E-state index contributed by atoms with van der Waals surface area (Å²) in [6, 6.07) is 10.8. The second-order valence-electron chi connectivity index (χ2n) is 4.83. The highest BCUT2D eigenvalue weighted by Crippen LogP contribution is 2.21. The second-order valence-corrected chi connectivity index (χ2v) is 4.83. The molecule has 3 aromatic rings. The monoisotopic (exact) mass is 316 g/mol. The van der Waals surface area contributed by atoms with Crippen molar-refractivity contribution in [3.63, 3.8) is 0 Å². The Hall–Kier alpha value is -2.64. The van der Waals surface area contributed by atoms with Crippen molar-refractivity contribution in [3.05, 3.63) is 54.8 Å². The predicted octanol–water partition coefficient (Wildman–Crippen LogP) is 2.29. The third-order valence-electron chi connectivity index (χ3n) is 3.02. The second kappa shape index (κ2) is 7.57. The molecule has 0 saturated heterocycles. The summed E-state index contributed by atoms with van der Waals surface area (Å²) in [5, 5.41) is 17.3. The molecule has 2 aromatic heterocycles. The Morgan fingerprint density at radius 3 is 2.87 bits per heavy atom. The van der Waals surface area contributed by atoms with Crippen LogP contribution >= 0.6 is 0 Å². The molecule has 0 aliphatic rings. The van der Waals surface area contributed by atoms with Crippen LogP contribution < -0.4 is 4.74 Å². The minimum Gasteiger partial charge on any atom is -0.491 e. The van der Waals surface area contributed by atoms with E-state index in [4.69, 9.17) is 18.3 Å². The van der Waals surface area contributed by atoms with E-state index in [1.54, 1.807) is 24.5 Å². The van der Waals surface area contributed by atoms with E-state index in [-0.39, 0.29) is 13.2 Å². The largest absolute Gasteiger partial charge is 0.491 e. The fourth-order valence-corrected chi connectivity index (χ4v) is 1.95. The zero-order valence-electron chi connectivity index (χ0n) is 12.3.